The van der Waals surface area contributed by atoms with E-state index in [9.17, 15) is 4.79 Å². The van der Waals surface area contributed by atoms with Gasteiger partial charge < -0.3 is 10.2 Å². The number of nitrogens with zero attached hydrogens (tertiary/aromatic N) is 2. The lowest BCUT2D eigenvalue weighted by Gasteiger charge is -2.29. The third kappa shape index (κ3) is 4.63. The highest BCUT2D eigenvalue weighted by Gasteiger charge is 2.17. The lowest BCUT2D eigenvalue weighted by atomic mass is 10.1. The van der Waals surface area contributed by atoms with Crippen molar-refractivity contribution in [3.63, 3.8) is 0 Å². The number of guanidine groups is 1. The Morgan fingerprint density at radius 2 is 1.73 bits per heavy atom. The monoisotopic (exact) mass is 324 g/mol. The molecule has 1 aromatic carbocycles. The molecule has 6 heteroatoms. The average molecular weight is 325 g/mol. The Morgan fingerprint density at radius 1 is 1.14 bits per heavy atom. The van der Waals surface area contributed by atoms with E-state index < -0.39 is 0 Å². The van der Waals surface area contributed by atoms with Crippen molar-refractivity contribution in [2.45, 2.75) is 33.1 Å². The molecule has 1 heterocycles. The van der Waals surface area contributed by atoms with Crippen LogP contribution in [0, 0.1) is 13.8 Å². The first-order valence-electron chi connectivity index (χ1n) is 7.48. The number of piperidine rings is 1. The summed E-state index contributed by atoms with van der Waals surface area (Å²) in [6.07, 6.45) is 3.56. The number of aryl methyl sites for hydroxylation is 2. The predicted octanol–water partition coefficient (Wildman–Crippen LogP) is 3.32. The van der Waals surface area contributed by atoms with Gasteiger partial charge in [0.05, 0.1) is 0 Å². The van der Waals surface area contributed by atoms with Crippen LogP contribution >= 0.6 is 12.4 Å². The molecule has 0 aromatic heterocycles. The van der Waals surface area contributed by atoms with Gasteiger partial charge in [-0.25, -0.2) is 4.79 Å². The largest absolute Gasteiger partial charge is 0.343 e. The zero-order valence-corrected chi connectivity index (χ0v) is 14.3. The molecule has 1 fully saturated rings. The van der Waals surface area contributed by atoms with Gasteiger partial charge in [-0.15, -0.1) is 12.4 Å². The lowest BCUT2D eigenvalue weighted by Crippen LogP contribution is -2.47. The summed E-state index contributed by atoms with van der Waals surface area (Å²) in [5.41, 5.74) is 2.97. The summed E-state index contributed by atoms with van der Waals surface area (Å²) < 4.78 is 0. The number of rotatable bonds is 1. The maximum atomic E-state index is 12.2. The van der Waals surface area contributed by atoms with Gasteiger partial charge in [-0.1, -0.05) is 18.2 Å². The smallest absolute Gasteiger partial charge is 0.326 e. The number of aliphatic imine (C=N–C) groups is 1. The van der Waals surface area contributed by atoms with Crippen molar-refractivity contribution in [3.05, 3.63) is 29.3 Å². The van der Waals surface area contributed by atoms with Gasteiger partial charge in [0.1, 0.15) is 0 Å². The second-order valence-electron chi connectivity index (χ2n) is 5.44. The van der Waals surface area contributed by atoms with Gasteiger partial charge >= 0.3 is 6.03 Å². The Hall–Kier alpha value is -1.75. The van der Waals surface area contributed by atoms with Crippen LogP contribution in [0.2, 0.25) is 0 Å². The number of carbonyl (C=O) groups excluding carboxylic acids is 1. The lowest BCUT2D eigenvalue weighted by molar-refractivity contribution is 0.253. The summed E-state index contributed by atoms with van der Waals surface area (Å²) in [4.78, 5) is 18.5. The second-order valence-corrected chi connectivity index (χ2v) is 5.44. The fourth-order valence-corrected chi connectivity index (χ4v) is 2.64. The minimum absolute atomic E-state index is 0. The van der Waals surface area contributed by atoms with Gasteiger partial charge in [-0.05, 0) is 44.2 Å². The number of urea groups is 1. The number of carbonyl (C=O) groups is 1. The van der Waals surface area contributed by atoms with E-state index in [2.05, 4.69) is 20.5 Å². The van der Waals surface area contributed by atoms with Crippen molar-refractivity contribution in [2.75, 3.05) is 25.5 Å². The van der Waals surface area contributed by atoms with E-state index in [1.54, 1.807) is 7.05 Å². The Balaban J connectivity index is 0.00000242. The van der Waals surface area contributed by atoms with E-state index in [4.69, 9.17) is 0 Å². The van der Waals surface area contributed by atoms with Crippen molar-refractivity contribution in [1.29, 1.82) is 0 Å². The molecule has 2 rings (SSSR count). The number of halogens is 1. The van der Waals surface area contributed by atoms with Crippen molar-refractivity contribution >= 4 is 30.1 Å². The molecule has 0 saturated carbocycles. The number of anilines is 1. The summed E-state index contributed by atoms with van der Waals surface area (Å²) in [7, 11) is 1.71. The summed E-state index contributed by atoms with van der Waals surface area (Å²) in [6, 6.07) is 5.73. The maximum Gasteiger partial charge on any atom is 0.326 e. The summed E-state index contributed by atoms with van der Waals surface area (Å²) >= 11 is 0. The molecule has 22 heavy (non-hydrogen) atoms. The van der Waals surface area contributed by atoms with Crippen molar-refractivity contribution in [2.24, 2.45) is 4.99 Å². The van der Waals surface area contributed by atoms with Crippen LogP contribution in [0.3, 0.4) is 0 Å². The van der Waals surface area contributed by atoms with Crippen LogP contribution in [-0.4, -0.2) is 37.0 Å². The first-order valence-corrected chi connectivity index (χ1v) is 7.48. The Morgan fingerprint density at radius 3 is 2.27 bits per heavy atom. The Labute approximate surface area is 138 Å². The van der Waals surface area contributed by atoms with E-state index in [0.717, 1.165) is 42.7 Å². The highest BCUT2D eigenvalue weighted by atomic mass is 35.5. The molecule has 2 N–H and O–H groups in total. The number of likely N-dealkylation sites (tertiary alicyclic amines) is 1. The van der Waals surface area contributed by atoms with E-state index >= 15 is 0 Å². The van der Waals surface area contributed by atoms with Crippen LogP contribution in [0.5, 0.6) is 0 Å². The SMILES string of the molecule is CN=C(NC(=O)Nc1c(C)cccc1C)N1CCCCC1.Cl. The number of hydrogen-bond acceptors (Lipinski definition) is 2. The maximum absolute atomic E-state index is 12.2. The number of amides is 2. The molecule has 1 aliphatic heterocycles. The van der Waals surface area contributed by atoms with Gasteiger partial charge in [-0.3, -0.25) is 10.3 Å². The first-order chi connectivity index (χ1) is 10.1. The molecule has 0 atom stereocenters. The normalized spacial score (nSPS) is 15.0. The molecule has 0 unspecified atom stereocenters. The second kappa shape index (κ2) is 8.63. The number of nitrogens with one attached hydrogen (secondary N) is 2. The fraction of sp³-hybridized carbons (Fsp3) is 0.500. The van der Waals surface area contributed by atoms with Crippen LogP contribution in [-0.2, 0) is 0 Å². The van der Waals surface area contributed by atoms with E-state index in [0.29, 0.717) is 5.96 Å². The van der Waals surface area contributed by atoms with Crippen molar-refractivity contribution in [3.8, 4) is 0 Å². The third-order valence-electron chi connectivity index (χ3n) is 3.81. The summed E-state index contributed by atoms with van der Waals surface area (Å²) in [5.74, 6) is 0.651. The molecule has 1 saturated heterocycles. The molecular weight excluding hydrogens is 300 g/mol. The Kier molecular flexibility index (Phi) is 7.18. The topological polar surface area (TPSA) is 56.7 Å². The van der Waals surface area contributed by atoms with Crippen molar-refractivity contribution in [1.82, 2.24) is 10.2 Å². The molecule has 122 valence electrons. The van der Waals surface area contributed by atoms with Crippen LogP contribution in [0.4, 0.5) is 10.5 Å². The summed E-state index contributed by atoms with van der Waals surface area (Å²) in [5, 5.41) is 5.79. The third-order valence-corrected chi connectivity index (χ3v) is 3.81. The zero-order chi connectivity index (χ0) is 15.2. The highest BCUT2D eigenvalue weighted by molar-refractivity contribution is 6.03. The van der Waals surface area contributed by atoms with Crippen molar-refractivity contribution < 1.29 is 4.79 Å². The van der Waals surface area contributed by atoms with Gasteiger partial charge in [0.15, 0.2) is 0 Å². The van der Waals surface area contributed by atoms with E-state index in [1.807, 2.05) is 32.0 Å². The van der Waals surface area contributed by atoms with E-state index in [-0.39, 0.29) is 18.4 Å². The molecule has 0 aliphatic carbocycles. The Bertz CT molecular complexity index is 519. The highest BCUT2D eigenvalue weighted by Crippen LogP contribution is 2.19. The van der Waals surface area contributed by atoms with Gasteiger partial charge in [0.25, 0.3) is 0 Å². The van der Waals surface area contributed by atoms with Gasteiger partial charge in [0, 0.05) is 25.8 Å². The molecule has 2 amide bonds. The number of hydrogen-bond donors (Lipinski definition) is 2. The molecule has 5 nitrogen and oxygen atoms in total. The minimum atomic E-state index is -0.237. The summed E-state index contributed by atoms with van der Waals surface area (Å²) in [6.45, 7) is 5.89. The molecule has 1 aromatic rings. The zero-order valence-electron chi connectivity index (χ0n) is 13.5. The van der Waals surface area contributed by atoms with E-state index in [1.165, 1.54) is 6.42 Å². The number of para-hydroxylation sites is 1. The van der Waals surface area contributed by atoms with Gasteiger partial charge in [0.2, 0.25) is 5.96 Å². The first kappa shape index (κ1) is 18.3. The van der Waals surface area contributed by atoms with Gasteiger partial charge in [-0.2, -0.15) is 0 Å². The molecular formula is C16H25ClN4O. The standard InChI is InChI=1S/C16H24N4O.ClH/c1-12-8-7-9-13(2)14(12)18-16(21)19-15(17-3)20-10-5-4-6-11-20;/h7-9H,4-6,10-11H2,1-3H3,(H2,17,18,19,21);1H. The van der Waals surface area contributed by atoms with Crippen LogP contribution < -0.4 is 10.6 Å². The molecule has 0 bridgehead atoms. The number of benzene rings is 1. The molecule has 1 aliphatic rings. The molecule has 0 spiro atoms. The quantitative estimate of drug-likeness (QED) is 0.615. The van der Waals surface area contributed by atoms with Crippen LogP contribution in [0.25, 0.3) is 0 Å². The minimum Gasteiger partial charge on any atom is -0.343 e. The van der Waals surface area contributed by atoms with Crippen LogP contribution in [0.1, 0.15) is 30.4 Å². The fourth-order valence-electron chi connectivity index (χ4n) is 2.64. The molecule has 0 radical (unpaired) electrons. The average Bonchev–Trinajstić information content (AvgIpc) is 2.49. The predicted molar refractivity (Wildman–Crippen MR) is 94.1 cm³/mol. The van der Waals surface area contributed by atoms with Crippen LogP contribution in [0.15, 0.2) is 23.2 Å².